The Morgan fingerprint density at radius 2 is 2.16 bits per heavy atom. The minimum absolute atomic E-state index is 0.243. The molecule has 0 aliphatic carbocycles. The highest BCUT2D eigenvalue weighted by molar-refractivity contribution is 6.05. The molecule has 19 heavy (non-hydrogen) atoms. The van der Waals surface area contributed by atoms with Crippen molar-refractivity contribution in [2.45, 2.75) is 0 Å². The molecule has 0 aromatic carbocycles. The van der Waals surface area contributed by atoms with E-state index in [0.717, 1.165) is 11.1 Å². The van der Waals surface area contributed by atoms with Gasteiger partial charge in [0.05, 0.1) is 0 Å². The number of nitrogens with zero attached hydrogens (tertiary/aromatic N) is 3. The summed E-state index contributed by atoms with van der Waals surface area (Å²) < 4.78 is 0. The number of pyridine rings is 1. The highest BCUT2D eigenvalue weighted by Crippen LogP contribution is 2.18. The van der Waals surface area contributed by atoms with Crippen molar-refractivity contribution in [1.82, 2.24) is 15.3 Å². The van der Waals surface area contributed by atoms with Gasteiger partial charge in [0.25, 0.3) is 5.91 Å². The second kappa shape index (κ2) is 5.46. The molecule has 2 aromatic heterocycles. The Hall–Kier alpha value is -3.14. The van der Waals surface area contributed by atoms with E-state index in [0.29, 0.717) is 5.69 Å². The van der Waals surface area contributed by atoms with Crippen LogP contribution >= 0.6 is 0 Å². The summed E-state index contributed by atoms with van der Waals surface area (Å²) in [5, 5.41) is 10.6. The van der Waals surface area contributed by atoms with Crippen molar-refractivity contribution in [3.8, 4) is 17.3 Å². The normalized spacial score (nSPS) is 10.8. The number of rotatable bonds is 2. The van der Waals surface area contributed by atoms with Gasteiger partial charge >= 0.3 is 0 Å². The number of aliphatic imine (C=N–C) groups is 1. The zero-order chi connectivity index (χ0) is 13.7. The van der Waals surface area contributed by atoms with E-state index in [9.17, 15) is 4.79 Å². The topological polar surface area (TPSA) is 120 Å². The van der Waals surface area contributed by atoms with Gasteiger partial charge in [-0.25, -0.2) is 0 Å². The van der Waals surface area contributed by atoms with Crippen LogP contribution in [0.2, 0.25) is 0 Å². The number of carbonyl (C=O) groups excluding carboxylic acids is 1. The molecule has 1 amide bonds. The van der Waals surface area contributed by atoms with E-state index in [1.54, 1.807) is 24.7 Å². The summed E-state index contributed by atoms with van der Waals surface area (Å²) in [6.07, 6.45) is 6.52. The number of guanidine groups is 1. The number of nitriles is 1. The van der Waals surface area contributed by atoms with Crippen molar-refractivity contribution < 1.29 is 4.79 Å². The standard InChI is InChI=1S/C12H10N6O/c13-7-17-12(14)18-11(19)10-5-9(6-16-10)8-1-3-15-4-2-8/h1-6,16H,(H3,14,17,18,19). The summed E-state index contributed by atoms with van der Waals surface area (Å²) in [4.78, 5) is 21.7. The third kappa shape index (κ3) is 2.95. The number of carbonyl (C=O) groups is 1. The maximum atomic E-state index is 11.7. The summed E-state index contributed by atoms with van der Waals surface area (Å²) in [5.74, 6) is -0.704. The van der Waals surface area contributed by atoms with E-state index in [1.807, 2.05) is 12.1 Å². The first-order chi connectivity index (χ1) is 9.20. The zero-order valence-electron chi connectivity index (χ0n) is 9.79. The Bertz CT molecular complexity index is 652. The molecule has 7 nitrogen and oxygen atoms in total. The van der Waals surface area contributed by atoms with Crippen LogP contribution in [0.5, 0.6) is 0 Å². The summed E-state index contributed by atoms with van der Waals surface area (Å²) in [6, 6.07) is 5.33. The summed E-state index contributed by atoms with van der Waals surface area (Å²) >= 11 is 0. The van der Waals surface area contributed by atoms with E-state index in [2.05, 4.69) is 20.3 Å². The predicted molar refractivity (Wildman–Crippen MR) is 68.7 cm³/mol. The highest BCUT2D eigenvalue weighted by atomic mass is 16.2. The van der Waals surface area contributed by atoms with Crippen LogP contribution in [-0.2, 0) is 0 Å². The Kier molecular flexibility index (Phi) is 3.54. The van der Waals surface area contributed by atoms with Gasteiger partial charge < -0.3 is 10.7 Å². The molecule has 2 aromatic rings. The molecule has 0 bridgehead atoms. The molecule has 0 atom stereocenters. The third-order valence-corrected chi connectivity index (χ3v) is 2.35. The molecule has 0 spiro atoms. The van der Waals surface area contributed by atoms with Crippen molar-refractivity contribution in [3.05, 3.63) is 42.5 Å². The Morgan fingerprint density at radius 3 is 2.84 bits per heavy atom. The summed E-state index contributed by atoms with van der Waals surface area (Å²) in [5.41, 5.74) is 7.42. The first-order valence-electron chi connectivity index (χ1n) is 5.33. The van der Waals surface area contributed by atoms with Crippen LogP contribution in [0.15, 0.2) is 41.8 Å². The number of hydrogen-bond donors (Lipinski definition) is 3. The SMILES string of the molecule is N#CN=C(N)NC(=O)c1cc(-c2ccncc2)c[nH]1. The molecule has 2 rings (SSSR count). The van der Waals surface area contributed by atoms with Crippen LogP contribution in [0, 0.1) is 11.5 Å². The van der Waals surface area contributed by atoms with Gasteiger partial charge in [-0.1, -0.05) is 0 Å². The van der Waals surface area contributed by atoms with Crippen LogP contribution in [0.4, 0.5) is 0 Å². The van der Waals surface area contributed by atoms with E-state index in [4.69, 9.17) is 11.0 Å². The zero-order valence-corrected chi connectivity index (χ0v) is 9.79. The average Bonchev–Trinajstić information content (AvgIpc) is 2.89. The van der Waals surface area contributed by atoms with Gasteiger partial charge in [0, 0.05) is 24.2 Å². The van der Waals surface area contributed by atoms with Crippen LogP contribution in [0.25, 0.3) is 11.1 Å². The molecule has 2 heterocycles. The minimum atomic E-state index is -0.461. The van der Waals surface area contributed by atoms with Gasteiger partial charge in [0.1, 0.15) is 5.69 Å². The number of nitrogens with two attached hydrogens (primary N) is 1. The molecule has 0 fully saturated rings. The molecule has 0 aliphatic heterocycles. The monoisotopic (exact) mass is 254 g/mol. The highest BCUT2D eigenvalue weighted by Gasteiger charge is 2.10. The largest absolute Gasteiger partial charge is 0.369 e. The maximum Gasteiger partial charge on any atom is 0.274 e. The van der Waals surface area contributed by atoms with Gasteiger partial charge in [-0.3, -0.25) is 15.1 Å². The van der Waals surface area contributed by atoms with Crippen LogP contribution in [-0.4, -0.2) is 21.8 Å². The average molecular weight is 254 g/mol. The first kappa shape index (κ1) is 12.3. The molecular formula is C12H10N6O. The van der Waals surface area contributed by atoms with Gasteiger partial charge in [-0.2, -0.15) is 5.26 Å². The van der Waals surface area contributed by atoms with Gasteiger partial charge in [-0.15, -0.1) is 4.99 Å². The second-order valence-electron chi connectivity index (χ2n) is 3.59. The number of nitrogens with one attached hydrogen (secondary N) is 2. The van der Waals surface area contributed by atoms with E-state index in [-0.39, 0.29) is 5.96 Å². The molecule has 0 saturated heterocycles. The van der Waals surface area contributed by atoms with E-state index >= 15 is 0 Å². The number of amides is 1. The molecule has 7 heteroatoms. The molecule has 0 saturated carbocycles. The molecule has 0 aliphatic rings. The fourth-order valence-electron chi connectivity index (χ4n) is 1.50. The van der Waals surface area contributed by atoms with E-state index < -0.39 is 5.91 Å². The Morgan fingerprint density at radius 1 is 1.42 bits per heavy atom. The Balaban J connectivity index is 2.16. The van der Waals surface area contributed by atoms with E-state index in [1.165, 1.54) is 6.19 Å². The predicted octanol–water partition coefficient (Wildman–Crippen LogP) is 0.602. The van der Waals surface area contributed by atoms with Gasteiger partial charge in [-0.05, 0) is 23.8 Å². The van der Waals surface area contributed by atoms with Crippen molar-refractivity contribution in [3.63, 3.8) is 0 Å². The number of aromatic nitrogens is 2. The molecule has 0 unspecified atom stereocenters. The van der Waals surface area contributed by atoms with Crippen LogP contribution in [0.1, 0.15) is 10.5 Å². The quantitative estimate of drug-likeness (QED) is 0.413. The lowest BCUT2D eigenvalue weighted by Crippen LogP contribution is -2.36. The van der Waals surface area contributed by atoms with Crippen molar-refractivity contribution >= 4 is 11.9 Å². The number of H-pyrrole nitrogens is 1. The maximum absolute atomic E-state index is 11.7. The molecule has 4 N–H and O–H groups in total. The van der Waals surface area contributed by atoms with Crippen LogP contribution in [0.3, 0.4) is 0 Å². The second-order valence-corrected chi connectivity index (χ2v) is 3.59. The Labute approximate surface area is 108 Å². The van der Waals surface area contributed by atoms with Gasteiger partial charge in [0.15, 0.2) is 0 Å². The molecule has 0 radical (unpaired) electrons. The minimum Gasteiger partial charge on any atom is -0.369 e. The molecular weight excluding hydrogens is 244 g/mol. The summed E-state index contributed by atoms with van der Waals surface area (Å²) in [6.45, 7) is 0. The number of aromatic amines is 1. The molecule has 94 valence electrons. The lowest BCUT2D eigenvalue weighted by atomic mass is 10.1. The summed E-state index contributed by atoms with van der Waals surface area (Å²) in [7, 11) is 0. The van der Waals surface area contributed by atoms with Crippen LogP contribution < -0.4 is 11.1 Å². The van der Waals surface area contributed by atoms with Crippen molar-refractivity contribution in [1.29, 1.82) is 5.26 Å². The third-order valence-electron chi connectivity index (χ3n) is 2.35. The first-order valence-corrected chi connectivity index (χ1v) is 5.33. The fourth-order valence-corrected chi connectivity index (χ4v) is 1.50. The lowest BCUT2D eigenvalue weighted by molar-refractivity contribution is 0.0972. The lowest BCUT2D eigenvalue weighted by Gasteiger charge is -1.99. The van der Waals surface area contributed by atoms with Crippen molar-refractivity contribution in [2.24, 2.45) is 10.7 Å². The number of hydrogen-bond acceptors (Lipinski definition) is 4. The fraction of sp³-hybridized carbons (Fsp3) is 0. The van der Waals surface area contributed by atoms with Gasteiger partial charge in [0.2, 0.25) is 12.2 Å². The van der Waals surface area contributed by atoms with Crippen molar-refractivity contribution in [2.75, 3.05) is 0 Å². The smallest absolute Gasteiger partial charge is 0.274 e.